The van der Waals surface area contributed by atoms with E-state index in [9.17, 15) is 26.7 Å². The van der Waals surface area contributed by atoms with E-state index in [1.807, 2.05) is 0 Å². The molecule has 0 bridgehead atoms. The summed E-state index contributed by atoms with van der Waals surface area (Å²) < 4.78 is 67.0. The molecule has 0 unspecified atom stereocenters. The van der Waals surface area contributed by atoms with Crippen LogP contribution in [0.25, 0.3) is 0 Å². The molecule has 0 saturated heterocycles. The molecule has 0 aliphatic carbocycles. The molecule has 1 aromatic rings. The summed E-state index contributed by atoms with van der Waals surface area (Å²) in [5, 5.41) is -0.634. The van der Waals surface area contributed by atoms with Crippen LogP contribution in [0, 0.1) is 0 Å². The van der Waals surface area contributed by atoms with Gasteiger partial charge in [0.25, 0.3) is 6.43 Å². The Morgan fingerprint density at radius 2 is 2.00 bits per heavy atom. The molecule has 1 heterocycles. The van der Waals surface area contributed by atoms with Crippen molar-refractivity contribution >= 4 is 17.6 Å². The van der Waals surface area contributed by atoms with Crippen LogP contribution in [0.2, 0.25) is 5.02 Å². The Bertz CT molecular complexity index is 475. The average Bonchev–Trinajstić information content (AvgIpc) is 2.25. The zero-order valence-electron chi connectivity index (χ0n) is 8.69. The Labute approximate surface area is 103 Å². The van der Waals surface area contributed by atoms with E-state index in [0.29, 0.717) is 6.20 Å². The largest absolute Gasteiger partial charge is 0.465 e. The predicted molar refractivity (Wildman–Crippen MR) is 50.5 cm³/mol. The third-order valence-electron chi connectivity index (χ3n) is 1.95. The molecule has 0 aliphatic heterocycles. The maximum Gasteiger partial charge on any atom is 0.433 e. The second-order valence-corrected chi connectivity index (χ2v) is 3.44. The smallest absolute Gasteiger partial charge is 0.433 e. The van der Waals surface area contributed by atoms with Crippen molar-refractivity contribution in [1.82, 2.24) is 4.98 Å². The summed E-state index contributed by atoms with van der Waals surface area (Å²) in [6.45, 7) is 0. The van der Waals surface area contributed by atoms with Crippen LogP contribution in [0.3, 0.4) is 0 Å². The molecule has 1 aromatic heterocycles. The average molecular weight is 290 g/mol. The number of ether oxygens (including phenoxy) is 1. The van der Waals surface area contributed by atoms with E-state index in [0.717, 1.165) is 7.11 Å². The van der Waals surface area contributed by atoms with Crippen molar-refractivity contribution in [2.24, 2.45) is 0 Å². The lowest BCUT2D eigenvalue weighted by Crippen LogP contribution is -2.17. The summed E-state index contributed by atoms with van der Waals surface area (Å²) in [7, 11) is 0.835. The number of halogens is 6. The summed E-state index contributed by atoms with van der Waals surface area (Å²) in [6.07, 6.45) is -8.22. The van der Waals surface area contributed by atoms with Gasteiger partial charge in [0.2, 0.25) is 0 Å². The van der Waals surface area contributed by atoms with E-state index in [4.69, 9.17) is 11.6 Å². The number of carbonyl (C=O) groups excluding carboxylic acids is 1. The monoisotopic (exact) mass is 289 g/mol. The number of hydrogen-bond donors (Lipinski definition) is 0. The fourth-order valence-corrected chi connectivity index (χ4v) is 1.48. The summed E-state index contributed by atoms with van der Waals surface area (Å²) in [5.41, 5.74) is -4.47. The second kappa shape index (κ2) is 5.05. The Balaban J connectivity index is 3.64. The zero-order chi connectivity index (χ0) is 14.1. The van der Waals surface area contributed by atoms with Gasteiger partial charge in [-0.15, -0.1) is 0 Å². The highest BCUT2D eigenvalue weighted by atomic mass is 35.5. The topological polar surface area (TPSA) is 39.2 Å². The molecule has 0 N–H and O–H groups in total. The van der Waals surface area contributed by atoms with Gasteiger partial charge in [0.15, 0.2) is 5.69 Å². The summed E-state index contributed by atoms with van der Waals surface area (Å²) in [4.78, 5) is 14.0. The number of aromatic nitrogens is 1. The zero-order valence-corrected chi connectivity index (χ0v) is 9.44. The molecular weight excluding hydrogens is 285 g/mol. The molecule has 0 radical (unpaired) electrons. The number of pyridine rings is 1. The Morgan fingerprint density at radius 1 is 1.44 bits per heavy atom. The van der Waals surface area contributed by atoms with Gasteiger partial charge in [0, 0.05) is 6.20 Å². The van der Waals surface area contributed by atoms with Gasteiger partial charge < -0.3 is 4.74 Å². The molecular formula is C9H5ClF5NO2. The maximum atomic E-state index is 12.7. The SMILES string of the molecule is COC(=O)c1c(Cl)cnc(C(F)(F)F)c1C(F)F. The summed E-state index contributed by atoms with van der Waals surface area (Å²) in [6, 6.07) is 0. The van der Waals surface area contributed by atoms with Gasteiger partial charge in [-0.25, -0.2) is 18.6 Å². The lowest BCUT2D eigenvalue weighted by molar-refractivity contribution is -0.143. The van der Waals surface area contributed by atoms with Crippen molar-refractivity contribution in [1.29, 1.82) is 0 Å². The minimum atomic E-state index is -5.13. The van der Waals surface area contributed by atoms with Gasteiger partial charge in [-0.1, -0.05) is 11.6 Å². The molecule has 0 saturated carbocycles. The number of rotatable bonds is 2. The van der Waals surface area contributed by atoms with Crippen LogP contribution in [0.15, 0.2) is 6.20 Å². The third kappa shape index (κ3) is 2.69. The molecule has 1 rings (SSSR count). The summed E-state index contributed by atoms with van der Waals surface area (Å²) >= 11 is 5.41. The molecule has 0 amide bonds. The Kier molecular flexibility index (Phi) is 4.10. The number of methoxy groups -OCH3 is 1. The van der Waals surface area contributed by atoms with Gasteiger partial charge in [-0.3, -0.25) is 0 Å². The van der Waals surface area contributed by atoms with E-state index in [1.54, 1.807) is 0 Å². The fourth-order valence-electron chi connectivity index (χ4n) is 1.25. The van der Waals surface area contributed by atoms with Crippen LogP contribution in [0.5, 0.6) is 0 Å². The van der Waals surface area contributed by atoms with E-state index in [2.05, 4.69) is 9.72 Å². The van der Waals surface area contributed by atoms with Crippen molar-refractivity contribution in [3.8, 4) is 0 Å². The third-order valence-corrected chi connectivity index (χ3v) is 2.23. The number of esters is 1. The van der Waals surface area contributed by atoms with Crippen molar-refractivity contribution in [2.75, 3.05) is 7.11 Å². The Hall–Kier alpha value is -1.44. The molecule has 0 aromatic carbocycles. The minimum absolute atomic E-state index is 0.475. The van der Waals surface area contributed by atoms with Crippen LogP contribution < -0.4 is 0 Å². The second-order valence-electron chi connectivity index (χ2n) is 3.03. The quantitative estimate of drug-likeness (QED) is 0.618. The number of nitrogens with zero attached hydrogens (tertiary/aromatic N) is 1. The first kappa shape index (κ1) is 14.6. The van der Waals surface area contributed by atoms with Crippen molar-refractivity contribution in [3.63, 3.8) is 0 Å². The molecule has 0 fully saturated rings. The first-order chi connectivity index (χ1) is 8.20. The molecule has 0 aliphatic rings. The van der Waals surface area contributed by atoms with Gasteiger partial charge >= 0.3 is 12.1 Å². The van der Waals surface area contributed by atoms with Crippen molar-refractivity contribution < 1.29 is 31.5 Å². The Morgan fingerprint density at radius 3 is 2.39 bits per heavy atom. The first-order valence-corrected chi connectivity index (χ1v) is 4.70. The van der Waals surface area contributed by atoms with E-state index < -0.39 is 40.4 Å². The van der Waals surface area contributed by atoms with Gasteiger partial charge in [-0.05, 0) is 0 Å². The van der Waals surface area contributed by atoms with Crippen molar-refractivity contribution in [3.05, 3.63) is 28.0 Å². The molecule has 9 heteroatoms. The minimum Gasteiger partial charge on any atom is -0.465 e. The maximum absolute atomic E-state index is 12.7. The first-order valence-electron chi connectivity index (χ1n) is 4.32. The number of carbonyl (C=O) groups is 1. The van der Waals surface area contributed by atoms with Gasteiger partial charge in [-0.2, -0.15) is 13.2 Å². The van der Waals surface area contributed by atoms with E-state index in [-0.39, 0.29) is 0 Å². The number of alkyl halides is 5. The highest BCUT2D eigenvalue weighted by Gasteiger charge is 2.41. The normalized spacial score (nSPS) is 11.8. The van der Waals surface area contributed by atoms with Crippen LogP contribution in [0.4, 0.5) is 22.0 Å². The molecule has 0 spiro atoms. The number of hydrogen-bond acceptors (Lipinski definition) is 3. The lowest BCUT2D eigenvalue weighted by atomic mass is 10.1. The highest BCUT2D eigenvalue weighted by molar-refractivity contribution is 6.33. The van der Waals surface area contributed by atoms with Gasteiger partial charge in [0.05, 0.1) is 23.3 Å². The standard InChI is InChI=1S/C9H5ClF5NO2/c1-18-8(17)4-3(10)2-16-6(9(13,14)15)5(4)7(11)12/h2,7H,1H3. The van der Waals surface area contributed by atoms with E-state index >= 15 is 0 Å². The highest BCUT2D eigenvalue weighted by Crippen LogP contribution is 2.38. The van der Waals surface area contributed by atoms with Crippen LogP contribution in [0.1, 0.15) is 28.0 Å². The lowest BCUT2D eigenvalue weighted by Gasteiger charge is -2.15. The molecule has 3 nitrogen and oxygen atoms in total. The van der Waals surface area contributed by atoms with Crippen LogP contribution in [-0.2, 0) is 10.9 Å². The van der Waals surface area contributed by atoms with Crippen LogP contribution >= 0.6 is 11.6 Å². The van der Waals surface area contributed by atoms with Gasteiger partial charge in [0.1, 0.15) is 0 Å². The molecule has 0 atom stereocenters. The predicted octanol–water partition coefficient (Wildman–Crippen LogP) is 3.48. The van der Waals surface area contributed by atoms with Crippen LogP contribution in [-0.4, -0.2) is 18.1 Å². The van der Waals surface area contributed by atoms with Crippen molar-refractivity contribution in [2.45, 2.75) is 12.6 Å². The summed E-state index contributed by atoms with van der Waals surface area (Å²) in [5.74, 6) is -1.39. The van der Waals surface area contributed by atoms with E-state index in [1.165, 1.54) is 0 Å². The fraction of sp³-hybridized carbons (Fsp3) is 0.333. The molecule has 18 heavy (non-hydrogen) atoms. The molecule has 100 valence electrons.